The second kappa shape index (κ2) is 5.48. The molecule has 2 aromatic rings. The topological polar surface area (TPSA) is 76.5 Å². The number of hydrogen-bond acceptors (Lipinski definition) is 4. The quantitative estimate of drug-likeness (QED) is 0.870. The first-order valence-corrected chi connectivity index (χ1v) is 5.60. The number of aromatic carboxylic acids is 1. The van der Waals surface area contributed by atoms with Gasteiger partial charge in [-0.25, -0.2) is 14.0 Å². The van der Waals surface area contributed by atoms with Crippen molar-refractivity contribution in [1.82, 2.24) is 4.98 Å². The summed E-state index contributed by atoms with van der Waals surface area (Å²) in [6.07, 6.45) is 1.39. The largest absolute Gasteiger partial charge is 0.478 e. The van der Waals surface area contributed by atoms with Crippen molar-refractivity contribution >= 4 is 11.9 Å². The SMILES string of the molecule is COC(=O)c1cc(F)cc(-c2ncccc2C(=O)O)c1. The van der Waals surface area contributed by atoms with Crippen LogP contribution in [0.4, 0.5) is 4.39 Å². The molecule has 0 saturated heterocycles. The van der Waals surface area contributed by atoms with Gasteiger partial charge in [0.1, 0.15) is 5.82 Å². The molecular weight excluding hydrogens is 265 g/mol. The lowest BCUT2D eigenvalue weighted by Crippen LogP contribution is -2.04. The molecule has 0 aliphatic carbocycles. The number of methoxy groups -OCH3 is 1. The van der Waals surface area contributed by atoms with Crippen LogP contribution in [0.3, 0.4) is 0 Å². The Hall–Kier alpha value is -2.76. The van der Waals surface area contributed by atoms with Crippen molar-refractivity contribution in [1.29, 1.82) is 0 Å². The number of ether oxygens (including phenoxy) is 1. The van der Waals surface area contributed by atoms with Crippen molar-refractivity contribution in [2.45, 2.75) is 0 Å². The van der Waals surface area contributed by atoms with Crippen LogP contribution in [0.25, 0.3) is 11.3 Å². The minimum absolute atomic E-state index is 0.00973. The molecule has 1 aromatic carbocycles. The standard InChI is InChI=1S/C14H10FNO4/c1-20-14(19)9-5-8(6-10(15)7-9)12-11(13(17)18)3-2-4-16-12/h2-7H,1H3,(H,17,18). The summed E-state index contributed by atoms with van der Waals surface area (Å²) in [4.78, 5) is 26.5. The summed E-state index contributed by atoms with van der Waals surface area (Å²) in [5.41, 5.74) is 0.200. The lowest BCUT2D eigenvalue weighted by molar-refractivity contribution is 0.0599. The van der Waals surface area contributed by atoms with Gasteiger partial charge in [-0.2, -0.15) is 0 Å². The molecule has 0 atom stereocenters. The summed E-state index contributed by atoms with van der Waals surface area (Å²) in [6, 6.07) is 6.28. The highest BCUT2D eigenvalue weighted by atomic mass is 19.1. The molecule has 6 heteroatoms. The van der Waals surface area contributed by atoms with Crippen LogP contribution in [-0.2, 0) is 4.74 Å². The first kappa shape index (κ1) is 13.7. The fourth-order valence-corrected chi connectivity index (χ4v) is 1.77. The Morgan fingerprint density at radius 2 is 2.05 bits per heavy atom. The third kappa shape index (κ3) is 2.64. The van der Waals surface area contributed by atoms with E-state index in [0.717, 1.165) is 12.1 Å². The molecule has 102 valence electrons. The number of rotatable bonds is 3. The molecule has 1 aromatic heterocycles. The number of esters is 1. The average molecular weight is 275 g/mol. The molecule has 0 spiro atoms. The number of benzene rings is 1. The maximum atomic E-state index is 13.6. The predicted octanol–water partition coefficient (Wildman–Crippen LogP) is 2.37. The van der Waals surface area contributed by atoms with Gasteiger partial charge in [-0.1, -0.05) is 0 Å². The highest BCUT2D eigenvalue weighted by Crippen LogP contribution is 2.24. The Bertz CT molecular complexity index is 685. The average Bonchev–Trinajstić information content (AvgIpc) is 2.45. The first-order chi connectivity index (χ1) is 9.52. The van der Waals surface area contributed by atoms with Crippen molar-refractivity contribution < 1.29 is 23.8 Å². The molecule has 0 fully saturated rings. The highest BCUT2D eigenvalue weighted by Gasteiger charge is 2.16. The molecule has 5 nitrogen and oxygen atoms in total. The Kier molecular flexibility index (Phi) is 3.74. The van der Waals surface area contributed by atoms with Crippen LogP contribution in [0, 0.1) is 5.82 Å². The Labute approximate surface area is 113 Å². The van der Waals surface area contributed by atoms with E-state index in [1.807, 2.05) is 0 Å². The van der Waals surface area contributed by atoms with E-state index in [9.17, 15) is 14.0 Å². The van der Waals surface area contributed by atoms with Gasteiger partial charge in [0.2, 0.25) is 0 Å². The first-order valence-electron chi connectivity index (χ1n) is 5.60. The molecule has 0 unspecified atom stereocenters. The summed E-state index contributed by atoms with van der Waals surface area (Å²) in [7, 11) is 1.18. The van der Waals surface area contributed by atoms with Gasteiger partial charge in [0, 0.05) is 11.8 Å². The number of nitrogens with zero attached hydrogens (tertiary/aromatic N) is 1. The number of aromatic nitrogens is 1. The van der Waals surface area contributed by atoms with Gasteiger partial charge in [-0.05, 0) is 30.3 Å². The zero-order chi connectivity index (χ0) is 14.7. The predicted molar refractivity (Wildman–Crippen MR) is 67.9 cm³/mol. The van der Waals surface area contributed by atoms with E-state index in [2.05, 4.69) is 9.72 Å². The fourth-order valence-electron chi connectivity index (χ4n) is 1.77. The second-order valence-electron chi connectivity index (χ2n) is 3.92. The van der Waals surface area contributed by atoms with Crippen molar-refractivity contribution in [3.63, 3.8) is 0 Å². The summed E-state index contributed by atoms with van der Waals surface area (Å²) in [5, 5.41) is 9.10. The number of carboxylic acids is 1. The van der Waals surface area contributed by atoms with Crippen LogP contribution in [0.1, 0.15) is 20.7 Å². The van der Waals surface area contributed by atoms with Crippen molar-refractivity contribution in [2.24, 2.45) is 0 Å². The third-order valence-corrected chi connectivity index (χ3v) is 2.63. The van der Waals surface area contributed by atoms with Crippen LogP contribution in [-0.4, -0.2) is 29.1 Å². The van der Waals surface area contributed by atoms with Crippen LogP contribution >= 0.6 is 0 Å². The minimum atomic E-state index is -1.18. The molecule has 0 bridgehead atoms. The van der Waals surface area contributed by atoms with Gasteiger partial charge in [0.15, 0.2) is 0 Å². The normalized spacial score (nSPS) is 10.1. The number of pyridine rings is 1. The second-order valence-corrected chi connectivity index (χ2v) is 3.92. The summed E-state index contributed by atoms with van der Waals surface area (Å²) >= 11 is 0. The molecule has 0 aliphatic heterocycles. The van der Waals surface area contributed by atoms with Crippen LogP contribution in [0.15, 0.2) is 36.5 Å². The van der Waals surface area contributed by atoms with E-state index in [1.165, 1.54) is 31.5 Å². The summed E-state index contributed by atoms with van der Waals surface area (Å²) in [6.45, 7) is 0. The van der Waals surface area contributed by atoms with Crippen molar-refractivity contribution in [3.8, 4) is 11.3 Å². The molecule has 0 amide bonds. The molecule has 0 saturated carbocycles. The van der Waals surface area contributed by atoms with Gasteiger partial charge in [-0.3, -0.25) is 4.98 Å². The van der Waals surface area contributed by atoms with Gasteiger partial charge >= 0.3 is 11.9 Å². The van der Waals surface area contributed by atoms with Crippen molar-refractivity contribution in [3.05, 3.63) is 53.5 Å². The lowest BCUT2D eigenvalue weighted by atomic mass is 10.0. The number of carboxylic acid groups (broad SMARTS) is 1. The molecule has 0 radical (unpaired) electrons. The molecule has 1 N–H and O–H groups in total. The van der Waals surface area contributed by atoms with Gasteiger partial charge in [0.05, 0.1) is 23.9 Å². The number of hydrogen-bond donors (Lipinski definition) is 1. The Morgan fingerprint density at radius 3 is 2.70 bits per heavy atom. The van der Waals surface area contributed by atoms with Gasteiger partial charge in [-0.15, -0.1) is 0 Å². The van der Waals surface area contributed by atoms with Crippen molar-refractivity contribution in [2.75, 3.05) is 7.11 Å². The van der Waals surface area contributed by atoms with E-state index >= 15 is 0 Å². The van der Waals surface area contributed by atoms with E-state index in [1.54, 1.807) is 0 Å². The number of carbonyl (C=O) groups is 2. The maximum absolute atomic E-state index is 13.6. The van der Waals surface area contributed by atoms with Crippen LogP contribution in [0.2, 0.25) is 0 Å². The van der Waals surface area contributed by atoms with Gasteiger partial charge in [0.25, 0.3) is 0 Å². The zero-order valence-corrected chi connectivity index (χ0v) is 10.5. The zero-order valence-electron chi connectivity index (χ0n) is 10.5. The van der Waals surface area contributed by atoms with Crippen LogP contribution in [0.5, 0.6) is 0 Å². The van der Waals surface area contributed by atoms with E-state index in [4.69, 9.17) is 5.11 Å². The van der Waals surface area contributed by atoms with E-state index in [0.29, 0.717) is 0 Å². The smallest absolute Gasteiger partial charge is 0.337 e. The summed E-state index contributed by atoms with van der Waals surface area (Å²) in [5.74, 6) is -2.57. The number of carbonyl (C=O) groups excluding carboxylic acids is 1. The summed E-state index contributed by atoms with van der Waals surface area (Å²) < 4.78 is 18.1. The highest BCUT2D eigenvalue weighted by molar-refractivity contribution is 5.96. The van der Waals surface area contributed by atoms with E-state index < -0.39 is 17.8 Å². The molecule has 2 rings (SSSR count). The van der Waals surface area contributed by atoms with Gasteiger partial charge < -0.3 is 9.84 Å². The van der Waals surface area contributed by atoms with E-state index in [-0.39, 0.29) is 22.4 Å². The fraction of sp³-hybridized carbons (Fsp3) is 0.0714. The molecule has 0 aliphatic rings. The Morgan fingerprint density at radius 1 is 1.30 bits per heavy atom. The molecule has 1 heterocycles. The Balaban J connectivity index is 2.61. The lowest BCUT2D eigenvalue weighted by Gasteiger charge is -2.07. The minimum Gasteiger partial charge on any atom is -0.478 e. The third-order valence-electron chi connectivity index (χ3n) is 2.63. The van der Waals surface area contributed by atoms with Crippen LogP contribution < -0.4 is 0 Å². The monoisotopic (exact) mass is 275 g/mol. The maximum Gasteiger partial charge on any atom is 0.337 e. The molecular formula is C14H10FNO4. The number of halogens is 1. The molecule has 20 heavy (non-hydrogen) atoms.